The molecule has 1 fully saturated rings. The summed E-state index contributed by atoms with van der Waals surface area (Å²) < 4.78 is 0. The number of amides is 1. The lowest BCUT2D eigenvalue weighted by molar-refractivity contribution is -0.0510. The number of benzene rings is 1. The van der Waals surface area contributed by atoms with E-state index in [0.29, 0.717) is 23.4 Å². The molecule has 98 valence electrons. The van der Waals surface area contributed by atoms with Crippen molar-refractivity contribution in [2.75, 3.05) is 11.1 Å². The molecule has 1 amide bonds. The molecule has 2 unspecified atom stereocenters. The second kappa shape index (κ2) is 4.17. The summed E-state index contributed by atoms with van der Waals surface area (Å²) in [7, 11) is 0. The second-order valence-electron chi connectivity index (χ2n) is 5.44. The number of aliphatic hydroxyl groups excluding tert-OH is 1. The molecule has 5 nitrogen and oxygen atoms in total. The zero-order chi connectivity index (χ0) is 13.5. The van der Waals surface area contributed by atoms with Crippen molar-refractivity contribution in [3.8, 4) is 0 Å². The van der Waals surface area contributed by atoms with Crippen LogP contribution in [0.4, 0.5) is 11.4 Å². The van der Waals surface area contributed by atoms with Crippen LogP contribution in [-0.2, 0) is 0 Å². The maximum Gasteiger partial charge on any atom is 0.250 e. The van der Waals surface area contributed by atoms with Gasteiger partial charge in [-0.3, -0.25) is 4.79 Å². The Labute approximate surface area is 106 Å². The van der Waals surface area contributed by atoms with Crippen LogP contribution in [0.1, 0.15) is 30.6 Å². The smallest absolute Gasteiger partial charge is 0.250 e. The number of hydrogen-bond donors (Lipinski definition) is 4. The Morgan fingerprint density at radius 2 is 2.17 bits per heavy atom. The highest BCUT2D eigenvalue weighted by Crippen LogP contribution is 2.42. The summed E-state index contributed by atoms with van der Waals surface area (Å²) in [6, 6.07) is 5.06. The number of hydrogen-bond acceptors (Lipinski definition) is 4. The Morgan fingerprint density at radius 3 is 2.67 bits per heavy atom. The number of rotatable bonds is 3. The summed E-state index contributed by atoms with van der Waals surface area (Å²) in [6.45, 7) is 3.96. The average molecular weight is 249 g/mol. The molecule has 0 radical (unpaired) electrons. The van der Waals surface area contributed by atoms with Gasteiger partial charge in [0.15, 0.2) is 0 Å². The van der Waals surface area contributed by atoms with Crippen LogP contribution < -0.4 is 16.8 Å². The van der Waals surface area contributed by atoms with E-state index in [2.05, 4.69) is 5.32 Å². The second-order valence-corrected chi connectivity index (χ2v) is 5.44. The Hall–Kier alpha value is -1.75. The van der Waals surface area contributed by atoms with Gasteiger partial charge in [0.2, 0.25) is 0 Å². The van der Waals surface area contributed by atoms with E-state index in [1.54, 1.807) is 18.2 Å². The molecule has 2 atom stereocenters. The molecule has 1 aliphatic carbocycles. The van der Waals surface area contributed by atoms with Crippen molar-refractivity contribution in [1.82, 2.24) is 0 Å². The fourth-order valence-corrected chi connectivity index (χ4v) is 2.23. The first-order valence-electron chi connectivity index (χ1n) is 5.96. The molecule has 0 saturated heterocycles. The molecule has 1 saturated carbocycles. The van der Waals surface area contributed by atoms with Crippen LogP contribution in [0, 0.1) is 5.41 Å². The number of aliphatic hydroxyl groups is 1. The predicted molar refractivity (Wildman–Crippen MR) is 71.2 cm³/mol. The van der Waals surface area contributed by atoms with Gasteiger partial charge in [0.1, 0.15) is 0 Å². The van der Waals surface area contributed by atoms with E-state index < -0.39 is 5.91 Å². The van der Waals surface area contributed by atoms with Gasteiger partial charge in [-0.25, -0.2) is 0 Å². The lowest BCUT2D eigenvalue weighted by Crippen LogP contribution is -2.57. The van der Waals surface area contributed by atoms with Crippen LogP contribution >= 0.6 is 0 Å². The molecule has 18 heavy (non-hydrogen) atoms. The summed E-state index contributed by atoms with van der Waals surface area (Å²) in [6.07, 6.45) is 0.327. The molecule has 1 aliphatic rings. The average Bonchev–Trinajstić information content (AvgIpc) is 2.28. The van der Waals surface area contributed by atoms with E-state index in [1.165, 1.54) is 0 Å². The first kappa shape index (κ1) is 12.7. The van der Waals surface area contributed by atoms with Crippen molar-refractivity contribution in [2.24, 2.45) is 11.1 Å². The molecular formula is C13H19N3O2. The minimum Gasteiger partial charge on any atom is -0.399 e. The standard InChI is InChI=1S/C13H19N3O2/c1-13(2)10(6-11(13)17)16-9-5-7(14)3-4-8(9)12(15)18/h3-5,10-11,16-17H,6,14H2,1-2H3,(H2,15,18). The van der Waals surface area contributed by atoms with Gasteiger partial charge in [0.25, 0.3) is 5.91 Å². The fraction of sp³-hybridized carbons (Fsp3) is 0.462. The Bertz CT molecular complexity index is 485. The van der Waals surface area contributed by atoms with E-state index in [4.69, 9.17) is 11.5 Å². The van der Waals surface area contributed by atoms with Gasteiger partial charge in [-0.05, 0) is 24.6 Å². The molecule has 0 bridgehead atoms. The van der Waals surface area contributed by atoms with Gasteiger partial charge in [0.05, 0.1) is 11.7 Å². The molecule has 5 heteroatoms. The first-order chi connectivity index (χ1) is 8.32. The largest absolute Gasteiger partial charge is 0.399 e. The zero-order valence-electron chi connectivity index (χ0n) is 10.6. The Balaban J connectivity index is 2.24. The summed E-state index contributed by atoms with van der Waals surface area (Å²) in [5, 5.41) is 12.9. The number of nitrogens with two attached hydrogens (primary N) is 2. The predicted octanol–water partition coefficient (Wildman–Crippen LogP) is 0.939. The number of carbonyl (C=O) groups is 1. The molecule has 0 heterocycles. The highest BCUT2D eigenvalue weighted by atomic mass is 16.3. The molecule has 1 aromatic rings. The molecule has 0 spiro atoms. The Kier molecular flexibility index (Phi) is 2.94. The summed E-state index contributed by atoms with van der Waals surface area (Å²) in [4.78, 5) is 11.3. The number of anilines is 2. The molecule has 1 aromatic carbocycles. The fourth-order valence-electron chi connectivity index (χ4n) is 2.23. The van der Waals surface area contributed by atoms with E-state index in [-0.39, 0.29) is 17.6 Å². The van der Waals surface area contributed by atoms with Gasteiger partial charge in [-0.2, -0.15) is 0 Å². The normalized spacial score (nSPS) is 25.3. The van der Waals surface area contributed by atoms with Gasteiger partial charge in [-0.15, -0.1) is 0 Å². The minimum absolute atomic E-state index is 0.104. The first-order valence-corrected chi connectivity index (χ1v) is 5.96. The number of nitrogens with one attached hydrogen (secondary N) is 1. The number of primary amides is 1. The number of carbonyl (C=O) groups excluding carboxylic acids is 1. The highest BCUT2D eigenvalue weighted by Gasteiger charge is 2.47. The zero-order valence-corrected chi connectivity index (χ0v) is 10.6. The van der Waals surface area contributed by atoms with Gasteiger partial charge in [0, 0.05) is 22.8 Å². The molecule has 0 aromatic heterocycles. The molecule has 6 N–H and O–H groups in total. The third-order valence-corrected chi connectivity index (χ3v) is 3.85. The van der Waals surface area contributed by atoms with Crippen LogP contribution in [0.2, 0.25) is 0 Å². The van der Waals surface area contributed by atoms with Crippen LogP contribution in [0.15, 0.2) is 18.2 Å². The summed E-state index contributed by atoms with van der Waals surface area (Å²) in [5.74, 6) is -0.491. The Morgan fingerprint density at radius 1 is 1.50 bits per heavy atom. The van der Waals surface area contributed by atoms with Crippen molar-refractivity contribution < 1.29 is 9.90 Å². The van der Waals surface area contributed by atoms with Crippen LogP contribution in [-0.4, -0.2) is 23.2 Å². The number of nitrogen functional groups attached to an aromatic ring is 1. The molecular weight excluding hydrogens is 230 g/mol. The van der Waals surface area contributed by atoms with Crippen LogP contribution in [0.25, 0.3) is 0 Å². The van der Waals surface area contributed by atoms with Crippen LogP contribution in [0.3, 0.4) is 0 Å². The van der Waals surface area contributed by atoms with E-state index in [0.717, 1.165) is 0 Å². The maximum absolute atomic E-state index is 11.3. The SMILES string of the molecule is CC1(C)C(O)CC1Nc1cc(N)ccc1C(N)=O. The maximum atomic E-state index is 11.3. The summed E-state index contributed by atoms with van der Waals surface area (Å²) >= 11 is 0. The summed E-state index contributed by atoms with van der Waals surface area (Å²) in [5.41, 5.74) is 12.4. The molecule has 0 aliphatic heterocycles. The third kappa shape index (κ3) is 2.01. The van der Waals surface area contributed by atoms with Crippen molar-refractivity contribution in [2.45, 2.75) is 32.4 Å². The van der Waals surface area contributed by atoms with E-state index in [1.807, 2.05) is 13.8 Å². The quantitative estimate of drug-likeness (QED) is 0.599. The van der Waals surface area contributed by atoms with Gasteiger partial charge >= 0.3 is 0 Å². The lowest BCUT2D eigenvalue weighted by atomic mass is 9.64. The van der Waals surface area contributed by atoms with Gasteiger partial charge in [-0.1, -0.05) is 13.8 Å². The molecule has 2 rings (SSSR count). The topological polar surface area (TPSA) is 101 Å². The van der Waals surface area contributed by atoms with Crippen molar-refractivity contribution in [3.63, 3.8) is 0 Å². The minimum atomic E-state index is -0.491. The highest BCUT2D eigenvalue weighted by molar-refractivity contribution is 5.99. The van der Waals surface area contributed by atoms with Crippen molar-refractivity contribution in [3.05, 3.63) is 23.8 Å². The van der Waals surface area contributed by atoms with Crippen LogP contribution in [0.5, 0.6) is 0 Å². The van der Waals surface area contributed by atoms with E-state index in [9.17, 15) is 9.90 Å². The van der Waals surface area contributed by atoms with E-state index >= 15 is 0 Å². The van der Waals surface area contributed by atoms with Crippen molar-refractivity contribution in [1.29, 1.82) is 0 Å². The third-order valence-electron chi connectivity index (χ3n) is 3.85. The van der Waals surface area contributed by atoms with Crippen molar-refractivity contribution >= 4 is 17.3 Å². The monoisotopic (exact) mass is 249 g/mol. The lowest BCUT2D eigenvalue weighted by Gasteiger charge is -2.50. The van der Waals surface area contributed by atoms with Gasteiger partial charge < -0.3 is 21.9 Å².